The van der Waals surface area contributed by atoms with E-state index in [4.69, 9.17) is 10.2 Å². The summed E-state index contributed by atoms with van der Waals surface area (Å²) in [6.07, 6.45) is -0.853. The molecule has 0 fully saturated rings. The molecule has 0 amide bonds. The molecule has 2 unspecified atom stereocenters. The maximum absolute atomic E-state index is 11.6. The Balaban J connectivity index is 3.32. The van der Waals surface area contributed by atoms with Crippen molar-refractivity contribution in [3.8, 4) is 0 Å². The number of hydrogen-bond acceptors (Lipinski definition) is 2. The summed E-state index contributed by atoms with van der Waals surface area (Å²) < 4.78 is 11.6. The molecule has 2 nitrogen and oxygen atoms in total. The number of aliphatic hydroxyl groups is 2. The van der Waals surface area contributed by atoms with Gasteiger partial charge in [-0.2, -0.15) is 0 Å². The standard InChI is InChI=1S/C6H13FO2/c1-2-3-5(8)6(9)4-7/h5-6,8-9H,2-4H2,1H3. The molecular weight excluding hydrogens is 123 g/mol. The molecule has 0 heterocycles. The Kier molecular flexibility index (Phi) is 4.62. The number of alkyl halides is 1. The Morgan fingerprint density at radius 1 is 1.33 bits per heavy atom. The van der Waals surface area contributed by atoms with Gasteiger partial charge in [0, 0.05) is 0 Å². The van der Waals surface area contributed by atoms with Gasteiger partial charge in [-0.1, -0.05) is 13.3 Å². The monoisotopic (exact) mass is 136 g/mol. The van der Waals surface area contributed by atoms with Gasteiger partial charge >= 0.3 is 0 Å². The van der Waals surface area contributed by atoms with Gasteiger partial charge in [0.1, 0.15) is 12.8 Å². The number of aliphatic hydroxyl groups excluding tert-OH is 2. The van der Waals surface area contributed by atoms with Crippen molar-refractivity contribution >= 4 is 0 Å². The minimum atomic E-state index is -1.19. The highest BCUT2D eigenvalue weighted by atomic mass is 19.1. The Morgan fingerprint density at radius 2 is 1.89 bits per heavy atom. The average Bonchev–Trinajstić information content (AvgIpc) is 1.87. The lowest BCUT2D eigenvalue weighted by molar-refractivity contribution is 0.000708. The molecular formula is C6H13FO2. The van der Waals surface area contributed by atoms with E-state index < -0.39 is 18.9 Å². The third-order valence-electron chi connectivity index (χ3n) is 1.19. The van der Waals surface area contributed by atoms with E-state index in [-0.39, 0.29) is 0 Å². The van der Waals surface area contributed by atoms with Crippen LogP contribution in [0.3, 0.4) is 0 Å². The minimum Gasteiger partial charge on any atom is -0.390 e. The highest BCUT2D eigenvalue weighted by molar-refractivity contribution is 4.64. The predicted octanol–water partition coefficient (Wildman–Crippen LogP) is 0.478. The molecule has 0 aliphatic rings. The Hall–Kier alpha value is -0.150. The van der Waals surface area contributed by atoms with Crippen LogP contribution in [0, 0.1) is 0 Å². The first-order chi connectivity index (χ1) is 4.22. The SMILES string of the molecule is CCCC(O)C(O)CF. The largest absolute Gasteiger partial charge is 0.390 e. The van der Waals surface area contributed by atoms with Crippen LogP contribution in [0.4, 0.5) is 4.39 Å². The number of hydrogen-bond donors (Lipinski definition) is 2. The molecule has 0 saturated carbocycles. The van der Waals surface area contributed by atoms with Crippen LogP contribution in [-0.4, -0.2) is 29.1 Å². The molecule has 9 heavy (non-hydrogen) atoms. The van der Waals surface area contributed by atoms with Gasteiger partial charge in [0.25, 0.3) is 0 Å². The molecule has 0 aromatic carbocycles. The van der Waals surface area contributed by atoms with Gasteiger partial charge in [0.2, 0.25) is 0 Å². The molecule has 0 aliphatic carbocycles. The topological polar surface area (TPSA) is 40.5 Å². The van der Waals surface area contributed by atoms with Crippen LogP contribution in [0.15, 0.2) is 0 Å². The first kappa shape index (κ1) is 8.85. The van der Waals surface area contributed by atoms with Crippen molar-refractivity contribution in [2.24, 2.45) is 0 Å². The Bertz CT molecular complexity index is 68.1. The fraction of sp³-hybridized carbons (Fsp3) is 1.00. The van der Waals surface area contributed by atoms with Crippen molar-refractivity contribution in [2.45, 2.75) is 32.0 Å². The first-order valence-corrected chi connectivity index (χ1v) is 3.14. The summed E-state index contributed by atoms with van der Waals surface area (Å²) >= 11 is 0. The summed E-state index contributed by atoms with van der Waals surface area (Å²) in [4.78, 5) is 0. The maximum atomic E-state index is 11.6. The third-order valence-corrected chi connectivity index (χ3v) is 1.19. The van der Waals surface area contributed by atoms with Crippen molar-refractivity contribution in [3.63, 3.8) is 0 Å². The van der Waals surface area contributed by atoms with Crippen LogP contribution in [-0.2, 0) is 0 Å². The van der Waals surface area contributed by atoms with E-state index in [1.807, 2.05) is 6.92 Å². The average molecular weight is 136 g/mol. The van der Waals surface area contributed by atoms with Crippen molar-refractivity contribution in [1.82, 2.24) is 0 Å². The molecule has 0 aromatic rings. The molecule has 0 radical (unpaired) electrons. The quantitative estimate of drug-likeness (QED) is 0.590. The van der Waals surface area contributed by atoms with Crippen LogP contribution in [0.5, 0.6) is 0 Å². The Labute approximate surface area is 54.3 Å². The van der Waals surface area contributed by atoms with Crippen LogP contribution >= 0.6 is 0 Å². The molecule has 0 bridgehead atoms. The van der Waals surface area contributed by atoms with E-state index in [1.165, 1.54) is 0 Å². The van der Waals surface area contributed by atoms with Gasteiger partial charge in [-0.3, -0.25) is 0 Å². The van der Waals surface area contributed by atoms with E-state index in [0.29, 0.717) is 6.42 Å². The van der Waals surface area contributed by atoms with Crippen molar-refractivity contribution in [1.29, 1.82) is 0 Å². The fourth-order valence-electron chi connectivity index (χ4n) is 0.591. The van der Waals surface area contributed by atoms with Crippen molar-refractivity contribution in [3.05, 3.63) is 0 Å². The maximum Gasteiger partial charge on any atom is 0.118 e. The number of halogens is 1. The predicted molar refractivity (Wildman–Crippen MR) is 32.9 cm³/mol. The van der Waals surface area contributed by atoms with Crippen molar-refractivity contribution < 1.29 is 14.6 Å². The highest BCUT2D eigenvalue weighted by Gasteiger charge is 2.13. The smallest absolute Gasteiger partial charge is 0.118 e. The zero-order chi connectivity index (χ0) is 7.28. The van der Waals surface area contributed by atoms with Crippen molar-refractivity contribution in [2.75, 3.05) is 6.67 Å². The lowest BCUT2D eigenvalue weighted by Crippen LogP contribution is -2.27. The third kappa shape index (κ3) is 3.43. The summed E-state index contributed by atoms with van der Waals surface area (Å²) in [5.74, 6) is 0. The van der Waals surface area contributed by atoms with E-state index in [2.05, 4.69) is 0 Å². The first-order valence-electron chi connectivity index (χ1n) is 3.14. The molecule has 2 atom stereocenters. The molecule has 3 heteroatoms. The van der Waals surface area contributed by atoms with Gasteiger partial charge in [0.15, 0.2) is 0 Å². The van der Waals surface area contributed by atoms with Crippen LogP contribution in [0.1, 0.15) is 19.8 Å². The Morgan fingerprint density at radius 3 is 2.22 bits per heavy atom. The normalized spacial score (nSPS) is 17.3. The molecule has 0 saturated heterocycles. The molecule has 0 aromatic heterocycles. The lowest BCUT2D eigenvalue weighted by atomic mass is 10.1. The highest BCUT2D eigenvalue weighted by Crippen LogP contribution is 2.01. The van der Waals surface area contributed by atoms with Crippen LogP contribution in [0.2, 0.25) is 0 Å². The van der Waals surface area contributed by atoms with E-state index in [0.717, 1.165) is 6.42 Å². The summed E-state index contributed by atoms with van der Waals surface area (Å²) in [5.41, 5.74) is 0. The fourth-order valence-corrected chi connectivity index (χ4v) is 0.591. The molecule has 56 valence electrons. The van der Waals surface area contributed by atoms with E-state index in [9.17, 15) is 4.39 Å². The summed E-state index contributed by atoms with van der Waals surface area (Å²) in [5, 5.41) is 17.5. The second-order valence-corrected chi connectivity index (χ2v) is 2.08. The summed E-state index contributed by atoms with van der Waals surface area (Å²) in [6.45, 7) is 1.01. The molecule has 0 aliphatic heterocycles. The molecule has 0 rings (SSSR count). The van der Waals surface area contributed by atoms with Gasteiger partial charge in [-0.25, -0.2) is 4.39 Å². The second-order valence-electron chi connectivity index (χ2n) is 2.08. The van der Waals surface area contributed by atoms with Gasteiger partial charge in [0.05, 0.1) is 6.10 Å². The van der Waals surface area contributed by atoms with Gasteiger partial charge in [-0.05, 0) is 6.42 Å². The summed E-state index contributed by atoms with van der Waals surface area (Å²) in [7, 11) is 0. The molecule has 0 spiro atoms. The molecule has 2 N–H and O–H groups in total. The summed E-state index contributed by atoms with van der Waals surface area (Å²) in [6, 6.07) is 0. The van der Waals surface area contributed by atoms with Gasteiger partial charge in [-0.15, -0.1) is 0 Å². The number of rotatable bonds is 4. The lowest BCUT2D eigenvalue weighted by Gasteiger charge is -2.12. The minimum absolute atomic E-state index is 0.463. The van der Waals surface area contributed by atoms with Crippen LogP contribution in [0.25, 0.3) is 0 Å². The zero-order valence-electron chi connectivity index (χ0n) is 5.55. The van der Waals surface area contributed by atoms with Gasteiger partial charge < -0.3 is 10.2 Å². The zero-order valence-corrected chi connectivity index (χ0v) is 5.55. The van der Waals surface area contributed by atoms with E-state index >= 15 is 0 Å². The second kappa shape index (κ2) is 4.70. The van der Waals surface area contributed by atoms with E-state index in [1.54, 1.807) is 0 Å². The van der Waals surface area contributed by atoms with Crippen LogP contribution < -0.4 is 0 Å².